The molecule has 0 saturated carbocycles. The Kier molecular flexibility index (Phi) is 1.45. The second kappa shape index (κ2) is 2.15. The molecule has 2 heterocycles. The molecule has 3 N–H and O–H groups in total. The molecule has 0 aromatic rings. The maximum atomic E-state index is 9.26. The van der Waals surface area contributed by atoms with Gasteiger partial charge in [0.1, 0.15) is 6.10 Å². The van der Waals surface area contributed by atoms with E-state index in [1.54, 1.807) is 6.92 Å². The SMILES string of the molecule is C[C@H]1[C@@H](O)[C@@H](O)[C@H](O)[C@H]2O[O+]21. The Morgan fingerprint density at radius 2 is 1.73 bits per heavy atom. The minimum Gasteiger partial charge on any atom is -0.387 e. The predicted molar refractivity (Wildman–Crippen MR) is 33.4 cm³/mol. The van der Waals surface area contributed by atoms with Crippen LogP contribution in [0.1, 0.15) is 6.92 Å². The van der Waals surface area contributed by atoms with Crippen molar-refractivity contribution in [1.29, 1.82) is 0 Å². The Morgan fingerprint density at radius 3 is 2.36 bits per heavy atom. The zero-order chi connectivity index (χ0) is 8.17. The maximum Gasteiger partial charge on any atom is 0.399 e. The molecule has 2 rings (SSSR count). The van der Waals surface area contributed by atoms with Crippen LogP contribution in [-0.4, -0.2) is 46.0 Å². The van der Waals surface area contributed by atoms with E-state index in [9.17, 15) is 15.3 Å². The van der Waals surface area contributed by atoms with Crippen LogP contribution in [0.15, 0.2) is 0 Å². The summed E-state index contributed by atoms with van der Waals surface area (Å²) in [6.07, 6.45) is -3.91. The van der Waals surface area contributed by atoms with E-state index in [4.69, 9.17) is 4.89 Å². The van der Waals surface area contributed by atoms with Gasteiger partial charge in [0.15, 0.2) is 12.2 Å². The van der Waals surface area contributed by atoms with Crippen molar-refractivity contribution >= 4 is 0 Å². The summed E-state index contributed by atoms with van der Waals surface area (Å²) in [7, 11) is 0. The lowest BCUT2D eigenvalue weighted by atomic mass is 10.0. The maximum absolute atomic E-state index is 9.26. The molecule has 0 aromatic heterocycles. The number of hydrogen-bond donors (Lipinski definition) is 3. The Labute approximate surface area is 63.4 Å². The lowest BCUT2D eigenvalue weighted by Crippen LogP contribution is -2.51. The van der Waals surface area contributed by atoms with Crippen LogP contribution in [0.4, 0.5) is 0 Å². The van der Waals surface area contributed by atoms with Crippen molar-refractivity contribution in [3.05, 3.63) is 0 Å². The zero-order valence-electron chi connectivity index (χ0n) is 6.04. The first kappa shape index (κ1) is 7.45. The second-order valence-corrected chi connectivity index (χ2v) is 2.97. The first-order valence-corrected chi connectivity index (χ1v) is 3.56. The van der Waals surface area contributed by atoms with E-state index in [0.29, 0.717) is 0 Å². The Balaban J connectivity index is 2.13. The van der Waals surface area contributed by atoms with Crippen LogP contribution in [0.3, 0.4) is 0 Å². The van der Waals surface area contributed by atoms with Gasteiger partial charge in [-0.2, -0.15) is 4.52 Å². The summed E-state index contributed by atoms with van der Waals surface area (Å²) in [6, 6.07) is 0. The summed E-state index contributed by atoms with van der Waals surface area (Å²) in [4.78, 5) is 4.82. The molecule has 0 radical (unpaired) electrons. The molecule has 5 atom stereocenters. The highest BCUT2D eigenvalue weighted by Crippen LogP contribution is 2.40. The Morgan fingerprint density at radius 1 is 1.09 bits per heavy atom. The average molecular weight is 163 g/mol. The van der Waals surface area contributed by atoms with Crippen molar-refractivity contribution in [2.45, 2.75) is 37.6 Å². The molecule has 0 amide bonds. The van der Waals surface area contributed by atoms with Gasteiger partial charge in [0.05, 0.1) is 0 Å². The van der Waals surface area contributed by atoms with Crippen LogP contribution in [0.5, 0.6) is 0 Å². The fourth-order valence-electron chi connectivity index (χ4n) is 1.36. The van der Waals surface area contributed by atoms with E-state index in [-0.39, 0.29) is 6.10 Å². The third-order valence-corrected chi connectivity index (χ3v) is 2.22. The van der Waals surface area contributed by atoms with Crippen LogP contribution in [0, 0.1) is 0 Å². The molecule has 2 aliphatic heterocycles. The Hall–Kier alpha value is -0.200. The molecule has 5 heteroatoms. The van der Waals surface area contributed by atoms with Crippen molar-refractivity contribution < 1.29 is 24.7 Å². The molecule has 0 unspecified atom stereocenters. The topological polar surface area (TPSA) is 75.9 Å². The fraction of sp³-hybridized carbons (Fsp3) is 1.00. The molecule has 2 aliphatic rings. The quantitative estimate of drug-likeness (QED) is 0.226. The lowest BCUT2D eigenvalue weighted by molar-refractivity contribution is -0.261. The highest BCUT2D eigenvalue weighted by atomic mass is 17.5. The normalized spacial score (nSPS) is 57.3. The molecule has 0 bridgehead atoms. The van der Waals surface area contributed by atoms with Gasteiger partial charge in [-0.25, -0.2) is 0 Å². The Bertz CT molecular complexity index is 154. The molecule has 0 aliphatic carbocycles. The van der Waals surface area contributed by atoms with E-state index in [0.717, 1.165) is 0 Å². The van der Waals surface area contributed by atoms with E-state index >= 15 is 0 Å². The summed E-state index contributed by atoms with van der Waals surface area (Å²) in [6.45, 7) is 1.70. The van der Waals surface area contributed by atoms with E-state index in [1.165, 1.54) is 0 Å². The largest absolute Gasteiger partial charge is 0.399 e. The molecule has 0 aromatic carbocycles. The number of hydrogen-bond acceptors (Lipinski definition) is 4. The summed E-state index contributed by atoms with van der Waals surface area (Å²) in [5.41, 5.74) is 0. The third-order valence-electron chi connectivity index (χ3n) is 2.22. The third kappa shape index (κ3) is 0.896. The minimum absolute atomic E-state index is 0.321. The van der Waals surface area contributed by atoms with Crippen LogP contribution >= 0.6 is 0 Å². The standard InChI is InChI=1S/C6H11O5/c1-2-3(7)4(8)5(9)6-10-11(2)6/h2-9H,1H3/q+1/t2-,3+,4+,5-,6-/m0/s1. The molecular formula is C6H11O5+. The van der Waals surface area contributed by atoms with Gasteiger partial charge in [0.25, 0.3) is 0 Å². The molecule has 0 spiro atoms. The highest BCUT2D eigenvalue weighted by molar-refractivity contribution is 4.91. The zero-order valence-corrected chi connectivity index (χ0v) is 6.04. The molecule has 11 heavy (non-hydrogen) atoms. The van der Waals surface area contributed by atoms with E-state index < -0.39 is 24.6 Å². The monoisotopic (exact) mass is 163 g/mol. The van der Waals surface area contributed by atoms with Gasteiger partial charge in [0.2, 0.25) is 6.10 Å². The number of aliphatic hydroxyl groups is 3. The number of rotatable bonds is 0. The van der Waals surface area contributed by atoms with Crippen molar-refractivity contribution in [3.63, 3.8) is 0 Å². The lowest BCUT2D eigenvalue weighted by Gasteiger charge is -2.24. The van der Waals surface area contributed by atoms with Crippen LogP contribution in [-0.2, 0) is 9.41 Å². The molecule has 5 nitrogen and oxygen atoms in total. The summed E-state index contributed by atoms with van der Waals surface area (Å²) in [5.74, 6) is 0. The molecular weight excluding hydrogens is 152 g/mol. The first-order valence-electron chi connectivity index (χ1n) is 3.56. The summed E-state index contributed by atoms with van der Waals surface area (Å²) >= 11 is 0. The van der Waals surface area contributed by atoms with Gasteiger partial charge >= 0.3 is 6.29 Å². The van der Waals surface area contributed by atoms with Gasteiger partial charge in [-0.1, -0.05) is 0 Å². The predicted octanol–water partition coefficient (Wildman–Crippen LogP) is -1.71. The first-order chi connectivity index (χ1) is 5.13. The van der Waals surface area contributed by atoms with Crippen molar-refractivity contribution in [2.75, 3.05) is 0 Å². The van der Waals surface area contributed by atoms with Gasteiger partial charge < -0.3 is 15.3 Å². The number of aliphatic hydroxyl groups excluding tert-OH is 3. The minimum atomic E-state index is -1.11. The summed E-state index contributed by atoms with van der Waals surface area (Å²) in [5, 5.41) is 27.6. The van der Waals surface area contributed by atoms with Gasteiger partial charge in [-0.05, 0) is 4.89 Å². The van der Waals surface area contributed by atoms with Gasteiger partial charge in [-0.15, -0.1) is 0 Å². The second-order valence-electron chi connectivity index (χ2n) is 2.97. The van der Waals surface area contributed by atoms with Crippen molar-refractivity contribution in [1.82, 2.24) is 0 Å². The molecule has 2 fully saturated rings. The smallest absolute Gasteiger partial charge is 0.387 e. The highest BCUT2D eigenvalue weighted by Gasteiger charge is 2.67. The molecule has 2 saturated heterocycles. The van der Waals surface area contributed by atoms with Gasteiger partial charge in [0, 0.05) is 6.92 Å². The molecule has 64 valence electrons. The van der Waals surface area contributed by atoms with Crippen LogP contribution < -0.4 is 0 Å². The summed E-state index contributed by atoms with van der Waals surface area (Å²) < 4.78 is 2.26. The van der Waals surface area contributed by atoms with E-state index in [2.05, 4.69) is 4.52 Å². The van der Waals surface area contributed by atoms with Crippen molar-refractivity contribution in [2.24, 2.45) is 0 Å². The van der Waals surface area contributed by atoms with E-state index in [1.807, 2.05) is 0 Å². The van der Waals surface area contributed by atoms with Crippen LogP contribution in [0.25, 0.3) is 0 Å². The number of fused-ring (bicyclic) bond motifs is 1. The fourth-order valence-corrected chi connectivity index (χ4v) is 1.36. The van der Waals surface area contributed by atoms with Crippen molar-refractivity contribution in [3.8, 4) is 0 Å². The average Bonchev–Trinajstić information content (AvgIpc) is 2.76. The van der Waals surface area contributed by atoms with Crippen LogP contribution in [0.2, 0.25) is 0 Å². The van der Waals surface area contributed by atoms with Gasteiger partial charge in [-0.3, -0.25) is 0 Å².